The Bertz CT molecular complexity index is 344. The number of hydrogen-bond acceptors (Lipinski definition) is 3. The van der Waals surface area contributed by atoms with Crippen molar-refractivity contribution < 1.29 is 9.59 Å². The SMILES string of the molecule is CC(C)(C(=O)Cl)C(=O)C(Cl)=NC1CCCCC1. The molecule has 0 unspecified atom stereocenters. The van der Waals surface area contributed by atoms with E-state index in [-0.39, 0.29) is 11.2 Å². The van der Waals surface area contributed by atoms with Crippen molar-refractivity contribution in [1.29, 1.82) is 0 Å². The van der Waals surface area contributed by atoms with Crippen molar-refractivity contribution in [3.8, 4) is 0 Å². The lowest BCUT2D eigenvalue weighted by atomic mass is 9.90. The van der Waals surface area contributed by atoms with Crippen LogP contribution in [0.15, 0.2) is 4.99 Å². The zero-order valence-corrected chi connectivity index (χ0v) is 11.6. The maximum Gasteiger partial charge on any atom is 0.235 e. The summed E-state index contributed by atoms with van der Waals surface area (Å²) in [5, 5.41) is -0.810. The first-order valence-electron chi connectivity index (χ1n) is 5.83. The monoisotopic (exact) mass is 277 g/mol. The summed E-state index contributed by atoms with van der Waals surface area (Å²) in [4.78, 5) is 27.3. The van der Waals surface area contributed by atoms with Crippen LogP contribution in [0, 0.1) is 5.41 Å². The Morgan fingerprint density at radius 2 is 1.65 bits per heavy atom. The molecule has 3 nitrogen and oxygen atoms in total. The van der Waals surface area contributed by atoms with Crippen LogP contribution in [0.1, 0.15) is 46.0 Å². The van der Waals surface area contributed by atoms with Crippen LogP contribution in [-0.2, 0) is 9.59 Å². The van der Waals surface area contributed by atoms with Crippen molar-refractivity contribution >= 4 is 39.4 Å². The van der Waals surface area contributed by atoms with Gasteiger partial charge in [0.15, 0.2) is 5.17 Å². The third-order valence-corrected chi connectivity index (χ3v) is 3.86. The maximum atomic E-state index is 11.9. The van der Waals surface area contributed by atoms with Crippen LogP contribution >= 0.6 is 23.2 Å². The largest absolute Gasteiger partial charge is 0.290 e. The van der Waals surface area contributed by atoms with Gasteiger partial charge in [0.25, 0.3) is 0 Å². The average Bonchev–Trinajstić information content (AvgIpc) is 2.29. The molecule has 0 heterocycles. The molecule has 17 heavy (non-hydrogen) atoms. The molecule has 0 saturated heterocycles. The van der Waals surface area contributed by atoms with Gasteiger partial charge in [-0.15, -0.1) is 0 Å². The van der Waals surface area contributed by atoms with Crippen molar-refractivity contribution in [1.82, 2.24) is 0 Å². The van der Waals surface area contributed by atoms with Crippen molar-refractivity contribution in [3.63, 3.8) is 0 Å². The second kappa shape index (κ2) is 5.96. The highest BCUT2D eigenvalue weighted by molar-refractivity contribution is 6.85. The summed E-state index contributed by atoms with van der Waals surface area (Å²) >= 11 is 11.3. The van der Waals surface area contributed by atoms with Gasteiger partial charge in [-0.2, -0.15) is 0 Å². The van der Waals surface area contributed by atoms with Gasteiger partial charge < -0.3 is 0 Å². The van der Waals surface area contributed by atoms with Crippen molar-refractivity contribution in [3.05, 3.63) is 0 Å². The zero-order chi connectivity index (χ0) is 13.1. The molecule has 1 aliphatic rings. The molecule has 0 spiro atoms. The number of carbonyl (C=O) groups is 2. The molecule has 0 bridgehead atoms. The van der Waals surface area contributed by atoms with Crippen LogP contribution in [0.25, 0.3) is 0 Å². The van der Waals surface area contributed by atoms with Crippen molar-refractivity contribution in [2.75, 3.05) is 0 Å². The predicted molar refractivity (Wildman–Crippen MR) is 69.8 cm³/mol. The number of ketones is 1. The highest BCUT2D eigenvalue weighted by Gasteiger charge is 2.37. The zero-order valence-electron chi connectivity index (χ0n) is 10.1. The van der Waals surface area contributed by atoms with E-state index in [1.54, 1.807) is 0 Å². The third-order valence-electron chi connectivity index (χ3n) is 3.12. The van der Waals surface area contributed by atoms with Crippen LogP contribution < -0.4 is 0 Å². The van der Waals surface area contributed by atoms with E-state index in [1.807, 2.05) is 0 Å². The molecule has 0 aliphatic heterocycles. The number of carbonyl (C=O) groups excluding carboxylic acids is 2. The molecule has 0 amide bonds. The van der Waals surface area contributed by atoms with Crippen LogP contribution in [0.2, 0.25) is 0 Å². The van der Waals surface area contributed by atoms with Gasteiger partial charge in [0.05, 0.1) is 6.04 Å². The van der Waals surface area contributed by atoms with Crippen molar-refractivity contribution in [2.45, 2.75) is 52.0 Å². The lowest BCUT2D eigenvalue weighted by Crippen LogP contribution is -2.34. The number of halogens is 2. The van der Waals surface area contributed by atoms with Gasteiger partial charge >= 0.3 is 0 Å². The number of Topliss-reactive ketones (excluding diaryl/α,β-unsaturated/α-hetero) is 1. The van der Waals surface area contributed by atoms with Gasteiger partial charge in [0.1, 0.15) is 5.41 Å². The predicted octanol–water partition coefficient (Wildman–Crippen LogP) is 3.32. The highest BCUT2D eigenvalue weighted by Crippen LogP contribution is 2.25. The molecule has 0 aromatic heterocycles. The summed E-state index contributed by atoms with van der Waals surface area (Å²) in [6.45, 7) is 2.92. The average molecular weight is 278 g/mol. The first-order chi connectivity index (χ1) is 7.85. The lowest BCUT2D eigenvalue weighted by Gasteiger charge is -2.20. The van der Waals surface area contributed by atoms with Crippen molar-refractivity contribution in [2.24, 2.45) is 10.4 Å². The molecular formula is C12H17Cl2NO2. The fourth-order valence-electron chi connectivity index (χ4n) is 1.78. The Morgan fingerprint density at radius 3 is 2.12 bits per heavy atom. The molecule has 1 rings (SSSR count). The molecule has 0 aromatic carbocycles. The summed E-state index contributed by atoms with van der Waals surface area (Å²) < 4.78 is 0. The van der Waals surface area contributed by atoms with Crippen LogP contribution in [0.4, 0.5) is 0 Å². The Hall–Kier alpha value is -0.410. The minimum atomic E-state index is -1.29. The van der Waals surface area contributed by atoms with Gasteiger partial charge in [-0.25, -0.2) is 0 Å². The molecule has 96 valence electrons. The first kappa shape index (κ1) is 14.7. The Labute approximate surface area is 112 Å². The number of aliphatic imine (C=N–C) groups is 1. The van der Waals surface area contributed by atoms with Gasteiger partial charge in [0.2, 0.25) is 11.0 Å². The van der Waals surface area contributed by atoms with Gasteiger partial charge in [-0.1, -0.05) is 30.9 Å². The highest BCUT2D eigenvalue weighted by atomic mass is 35.5. The number of hydrogen-bond donors (Lipinski definition) is 0. The molecular weight excluding hydrogens is 261 g/mol. The van der Waals surface area contributed by atoms with Crippen LogP contribution in [0.3, 0.4) is 0 Å². The minimum absolute atomic E-state index is 0.101. The third kappa shape index (κ3) is 3.78. The van der Waals surface area contributed by atoms with E-state index in [9.17, 15) is 9.59 Å². The first-order valence-corrected chi connectivity index (χ1v) is 6.59. The summed E-state index contributed by atoms with van der Waals surface area (Å²) in [5.41, 5.74) is -1.29. The van der Waals surface area contributed by atoms with Gasteiger partial charge in [0, 0.05) is 0 Å². The topological polar surface area (TPSA) is 46.5 Å². The van der Waals surface area contributed by atoms with E-state index < -0.39 is 16.4 Å². The molecule has 0 atom stereocenters. The fourth-order valence-corrected chi connectivity index (χ4v) is 2.24. The molecule has 1 fully saturated rings. The quantitative estimate of drug-likeness (QED) is 0.450. The summed E-state index contributed by atoms with van der Waals surface area (Å²) in [5.74, 6) is -0.496. The van der Waals surface area contributed by atoms with Crippen LogP contribution in [-0.4, -0.2) is 22.2 Å². The summed E-state index contributed by atoms with van der Waals surface area (Å²) in [6.07, 6.45) is 5.36. The summed E-state index contributed by atoms with van der Waals surface area (Å²) in [6, 6.07) is 0.112. The van der Waals surface area contributed by atoms with Crippen LogP contribution in [0.5, 0.6) is 0 Å². The normalized spacial score (nSPS) is 19.2. The number of nitrogens with zero attached hydrogens (tertiary/aromatic N) is 1. The fraction of sp³-hybridized carbons (Fsp3) is 0.750. The van der Waals surface area contributed by atoms with E-state index in [0.717, 1.165) is 25.7 Å². The second-order valence-corrected chi connectivity index (χ2v) is 5.64. The minimum Gasteiger partial charge on any atom is -0.290 e. The van der Waals surface area contributed by atoms with E-state index in [0.29, 0.717) is 0 Å². The Morgan fingerprint density at radius 1 is 1.12 bits per heavy atom. The molecule has 1 saturated carbocycles. The molecule has 1 aliphatic carbocycles. The standard InChI is InChI=1S/C12H17Cl2NO2/c1-12(2,11(14)17)9(16)10(13)15-8-6-4-3-5-7-8/h8H,3-7H2,1-2H3. The van der Waals surface area contributed by atoms with E-state index in [4.69, 9.17) is 23.2 Å². The Kier molecular flexibility index (Phi) is 5.14. The molecule has 0 aromatic rings. The molecule has 0 N–H and O–H groups in total. The maximum absolute atomic E-state index is 11.9. The van der Waals surface area contributed by atoms with E-state index >= 15 is 0 Å². The number of rotatable bonds is 4. The lowest BCUT2D eigenvalue weighted by molar-refractivity contribution is -0.129. The van der Waals surface area contributed by atoms with E-state index in [1.165, 1.54) is 20.3 Å². The van der Waals surface area contributed by atoms with E-state index in [2.05, 4.69) is 4.99 Å². The second-order valence-electron chi connectivity index (χ2n) is 4.94. The Balaban J connectivity index is 2.74. The molecule has 0 radical (unpaired) electrons. The molecule has 5 heteroatoms. The van der Waals surface area contributed by atoms with Gasteiger partial charge in [-0.05, 0) is 38.3 Å². The summed E-state index contributed by atoms with van der Waals surface area (Å²) in [7, 11) is 0. The van der Waals surface area contributed by atoms with Gasteiger partial charge in [-0.3, -0.25) is 14.6 Å². The smallest absolute Gasteiger partial charge is 0.235 e.